The van der Waals surface area contributed by atoms with Gasteiger partial charge in [0.2, 0.25) is 0 Å². The van der Waals surface area contributed by atoms with E-state index in [9.17, 15) is 0 Å². The summed E-state index contributed by atoms with van der Waals surface area (Å²) in [4.78, 5) is 2.42. The van der Waals surface area contributed by atoms with Crippen molar-refractivity contribution < 1.29 is 0 Å². The molecule has 0 radical (unpaired) electrons. The number of hydrogen-bond acceptors (Lipinski definition) is 2. The van der Waals surface area contributed by atoms with Crippen LogP contribution in [0.2, 0.25) is 0 Å². The maximum Gasteiger partial charge on any atom is 0.139 e. The SMILES string of the molecule is Bc1cccc(C(C)C2=CC(=C)C(CCc3ccccc3)=CN2CCNC)c1. The molecule has 28 heavy (non-hydrogen) atoms. The van der Waals surface area contributed by atoms with E-state index in [-0.39, 0.29) is 0 Å². The molecule has 3 heteroatoms. The first-order valence-corrected chi connectivity index (χ1v) is 10.2. The molecule has 0 bridgehead atoms. The first-order valence-electron chi connectivity index (χ1n) is 10.2. The maximum absolute atomic E-state index is 4.38. The van der Waals surface area contributed by atoms with Crippen LogP contribution < -0.4 is 10.8 Å². The molecule has 1 aliphatic rings. The van der Waals surface area contributed by atoms with E-state index in [0.717, 1.165) is 31.5 Å². The molecule has 1 heterocycles. The largest absolute Gasteiger partial charge is 0.349 e. The summed E-state index contributed by atoms with van der Waals surface area (Å²) in [5.74, 6) is 0.334. The molecule has 0 fully saturated rings. The van der Waals surface area contributed by atoms with Crippen LogP contribution in [0.15, 0.2) is 90.3 Å². The van der Waals surface area contributed by atoms with E-state index in [1.807, 2.05) is 7.05 Å². The zero-order valence-electron chi connectivity index (χ0n) is 17.4. The predicted molar refractivity (Wildman–Crippen MR) is 124 cm³/mol. The van der Waals surface area contributed by atoms with Gasteiger partial charge in [-0.3, -0.25) is 0 Å². The van der Waals surface area contributed by atoms with Crippen molar-refractivity contribution in [3.8, 4) is 0 Å². The minimum absolute atomic E-state index is 0.334. The van der Waals surface area contributed by atoms with Gasteiger partial charge in [-0.15, -0.1) is 0 Å². The Bertz CT molecular complexity index is 867. The van der Waals surface area contributed by atoms with E-state index >= 15 is 0 Å². The van der Waals surface area contributed by atoms with Crippen molar-refractivity contribution in [3.05, 3.63) is 101 Å². The summed E-state index contributed by atoms with van der Waals surface area (Å²) in [7, 11) is 4.17. The van der Waals surface area contributed by atoms with Gasteiger partial charge in [-0.05, 0) is 48.2 Å². The number of allylic oxidation sites excluding steroid dienone is 4. The molecule has 2 aromatic rings. The lowest BCUT2D eigenvalue weighted by Gasteiger charge is -2.33. The zero-order valence-corrected chi connectivity index (χ0v) is 17.4. The van der Waals surface area contributed by atoms with E-state index in [4.69, 9.17) is 0 Å². The third-order valence-corrected chi connectivity index (χ3v) is 5.49. The highest BCUT2D eigenvalue weighted by Crippen LogP contribution is 2.33. The molecule has 1 atom stereocenters. The highest BCUT2D eigenvalue weighted by Gasteiger charge is 2.22. The second kappa shape index (κ2) is 9.61. The van der Waals surface area contributed by atoms with Crippen molar-refractivity contribution in [2.24, 2.45) is 0 Å². The topological polar surface area (TPSA) is 15.3 Å². The van der Waals surface area contributed by atoms with E-state index in [0.29, 0.717) is 5.92 Å². The Morgan fingerprint density at radius 2 is 1.86 bits per heavy atom. The first kappa shape index (κ1) is 20.2. The molecule has 1 N–H and O–H groups in total. The number of nitrogens with one attached hydrogen (secondary N) is 1. The molecule has 0 saturated heterocycles. The smallest absolute Gasteiger partial charge is 0.139 e. The Hall–Kier alpha value is -2.52. The van der Waals surface area contributed by atoms with E-state index in [1.165, 1.54) is 27.9 Å². The van der Waals surface area contributed by atoms with Crippen molar-refractivity contribution in [2.75, 3.05) is 20.1 Å². The third kappa shape index (κ3) is 5.05. The van der Waals surface area contributed by atoms with Gasteiger partial charge in [0.15, 0.2) is 0 Å². The lowest BCUT2D eigenvalue weighted by molar-refractivity contribution is 0.422. The average Bonchev–Trinajstić information content (AvgIpc) is 2.72. The Morgan fingerprint density at radius 1 is 1.07 bits per heavy atom. The lowest BCUT2D eigenvalue weighted by atomic mass is 9.87. The number of benzene rings is 2. The Kier molecular flexibility index (Phi) is 6.94. The van der Waals surface area contributed by atoms with Crippen LogP contribution in [0, 0.1) is 0 Å². The van der Waals surface area contributed by atoms with Crippen LogP contribution in [0.1, 0.15) is 30.4 Å². The van der Waals surface area contributed by atoms with Crippen molar-refractivity contribution in [1.29, 1.82) is 0 Å². The van der Waals surface area contributed by atoms with Gasteiger partial charge in [0, 0.05) is 30.9 Å². The maximum atomic E-state index is 4.38. The number of aryl methyl sites for hydroxylation is 1. The number of nitrogens with zero attached hydrogens (tertiary/aromatic N) is 1. The zero-order chi connectivity index (χ0) is 19.9. The van der Waals surface area contributed by atoms with Gasteiger partial charge in [0.05, 0.1) is 0 Å². The molecule has 1 aliphatic heterocycles. The Balaban J connectivity index is 1.80. The van der Waals surface area contributed by atoms with Gasteiger partial charge >= 0.3 is 0 Å². The van der Waals surface area contributed by atoms with Crippen molar-refractivity contribution in [2.45, 2.75) is 25.7 Å². The van der Waals surface area contributed by atoms with Crippen LogP contribution in [-0.2, 0) is 6.42 Å². The number of likely N-dealkylation sites (N-methyl/N-ethyl adjacent to an activating group) is 1. The minimum atomic E-state index is 0.334. The fraction of sp³-hybridized carbons (Fsp3) is 0.280. The summed E-state index contributed by atoms with van der Waals surface area (Å²) in [6.07, 6.45) is 6.68. The lowest BCUT2D eigenvalue weighted by Crippen LogP contribution is -2.30. The van der Waals surface area contributed by atoms with Gasteiger partial charge in [-0.25, -0.2) is 0 Å². The van der Waals surface area contributed by atoms with Crippen LogP contribution >= 0.6 is 0 Å². The summed E-state index contributed by atoms with van der Waals surface area (Å²) in [6, 6.07) is 19.5. The van der Waals surface area contributed by atoms with E-state index < -0.39 is 0 Å². The molecule has 0 aromatic heterocycles. The van der Waals surface area contributed by atoms with E-state index in [2.05, 4.69) is 98.4 Å². The second-order valence-electron chi connectivity index (χ2n) is 7.67. The van der Waals surface area contributed by atoms with Crippen LogP contribution in [0.4, 0.5) is 0 Å². The quantitative estimate of drug-likeness (QED) is 0.715. The van der Waals surface area contributed by atoms with Gasteiger partial charge in [0.25, 0.3) is 0 Å². The highest BCUT2D eigenvalue weighted by atomic mass is 15.1. The van der Waals surface area contributed by atoms with Gasteiger partial charge < -0.3 is 10.2 Å². The van der Waals surface area contributed by atoms with E-state index in [1.54, 1.807) is 0 Å². The first-order chi connectivity index (χ1) is 13.6. The molecule has 0 saturated carbocycles. The van der Waals surface area contributed by atoms with Crippen LogP contribution in [-0.4, -0.2) is 32.9 Å². The molecule has 0 spiro atoms. The van der Waals surface area contributed by atoms with Crippen molar-refractivity contribution in [1.82, 2.24) is 10.2 Å². The third-order valence-electron chi connectivity index (χ3n) is 5.49. The standard InChI is InChI=1S/C25H31BN2/c1-19-16-25(20(2)22-10-7-11-24(26)17-22)28(15-14-27-3)18-23(19)13-12-21-8-5-4-6-9-21/h4-11,16-18,20,27H,1,12-15,26H2,2-3H3. The second-order valence-corrected chi connectivity index (χ2v) is 7.67. The summed E-state index contributed by atoms with van der Waals surface area (Å²) in [6.45, 7) is 8.58. The number of rotatable bonds is 8. The Labute approximate surface area is 171 Å². The summed E-state index contributed by atoms with van der Waals surface area (Å²) in [5.41, 5.74) is 7.84. The van der Waals surface area contributed by atoms with Crippen LogP contribution in [0.25, 0.3) is 0 Å². The van der Waals surface area contributed by atoms with Crippen LogP contribution in [0.3, 0.4) is 0 Å². The normalized spacial score (nSPS) is 15.2. The molecule has 3 rings (SSSR count). The van der Waals surface area contributed by atoms with Gasteiger partial charge in [-0.1, -0.05) is 73.6 Å². The summed E-state index contributed by atoms with van der Waals surface area (Å²) >= 11 is 0. The van der Waals surface area contributed by atoms with Crippen molar-refractivity contribution >= 4 is 13.3 Å². The molecular formula is C25H31BN2. The van der Waals surface area contributed by atoms with Crippen LogP contribution in [0.5, 0.6) is 0 Å². The number of hydrogen-bond donors (Lipinski definition) is 1. The molecule has 2 nitrogen and oxygen atoms in total. The van der Waals surface area contributed by atoms with Crippen molar-refractivity contribution in [3.63, 3.8) is 0 Å². The molecule has 1 unspecified atom stereocenters. The highest BCUT2D eigenvalue weighted by molar-refractivity contribution is 6.32. The van der Waals surface area contributed by atoms with Gasteiger partial charge in [-0.2, -0.15) is 0 Å². The molecule has 0 aliphatic carbocycles. The average molecular weight is 370 g/mol. The molecule has 144 valence electrons. The predicted octanol–water partition coefficient (Wildman–Crippen LogP) is 3.54. The molecular weight excluding hydrogens is 339 g/mol. The summed E-state index contributed by atoms with van der Waals surface area (Å²) < 4.78 is 0. The minimum Gasteiger partial charge on any atom is -0.349 e. The fourth-order valence-corrected chi connectivity index (χ4v) is 3.76. The van der Waals surface area contributed by atoms with Gasteiger partial charge in [0.1, 0.15) is 7.85 Å². The summed E-state index contributed by atoms with van der Waals surface area (Å²) in [5, 5.41) is 3.29. The molecule has 0 amide bonds. The molecule has 2 aromatic carbocycles. The Morgan fingerprint density at radius 3 is 2.57 bits per heavy atom. The fourth-order valence-electron chi connectivity index (χ4n) is 3.76. The monoisotopic (exact) mass is 370 g/mol.